The van der Waals surface area contributed by atoms with Crippen molar-refractivity contribution >= 4 is 15.9 Å². The molecule has 204 valence electrons. The van der Waals surface area contributed by atoms with Crippen LogP contribution in [0.3, 0.4) is 0 Å². The van der Waals surface area contributed by atoms with E-state index in [1.54, 1.807) is 33.1 Å². The summed E-state index contributed by atoms with van der Waals surface area (Å²) in [6, 6.07) is 11.6. The van der Waals surface area contributed by atoms with E-state index in [4.69, 9.17) is 9.15 Å². The number of likely N-dealkylation sites (tertiary alicyclic amines) is 1. The van der Waals surface area contributed by atoms with Crippen molar-refractivity contribution in [2.75, 3.05) is 33.8 Å². The zero-order chi connectivity index (χ0) is 27.3. The normalized spacial score (nSPS) is 14.2. The summed E-state index contributed by atoms with van der Waals surface area (Å²) in [7, 11) is -0.660. The summed E-state index contributed by atoms with van der Waals surface area (Å²) in [5.74, 6) is 0.574. The summed E-state index contributed by atoms with van der Waals surface area (Å²) in [6.45, 7) is 7.24. The van der Waals surface area contributed by atoms with E-state index in [0.29, 0.717) is 29.3 Å². The molecule has 1 aromatic heterocycles. The first-order valence-electron chi connectivity index (χ1n) is 12.8. The summed E-state index contributed by atoms with van der Waals surface area (Å²) >= 11 is 0. The second-order valence-electron chi connectivity index (χ2n) is 9.78. The Morgan fingerprint density at radius 2 is 1.82 bits per heavy atom. The molecule has 1 saturated heterocycles. The molecule has 1 amide bonds. The summed E-state index contributed by atoms with van der Waals surface area (Å²) in [6.07, 6.45) is 4.05. The fraction of sp³-hybridized carbons (Fsp3) is 0.429. The lowest BCUT2D eigenvalue weighted by Crippen LogP contribution is -2.30. The van der Waals surface area contributed by atoms with Gasteiger partial charge in [-0.05, 0) is 74.2 Å². The molecule has 0 saturated carbocycles. The van der Waals surface area contributed by atoms with Gasteiger partial charge in [-0.1, -0.05) is 24.3 Å². The first kappa shape index (κ1) is 27.8. The number of oxazole rings is 1. The number of ether oxygens (including phenoxy) is 1. The van der Waals surface area contributed by atoms with Gasteiger partial charge < -0.3 is 14.5 Å². The van der Waals surface area contributed by atoms with Gasteiger partial charge in [0.05, 0.1) is 12.0 Å². The van der Waals surface area contributed by atoms with E-state index in [-0.39, 0.29) is 29.5 Å². The number of methoxy groups -OCH3 is 1. The number of carbonyl (C=O) groups excluding carboxylic acids is 1. The molecule has 10 heteroatoms. The van der Waals surface area contributed by atoms with Gasteiger partial charge in [-0.2, -0.15) is 0 Å². The molecule has 4 rings (SSSR count). The molecule has 0 aliphatic carbocycles. The zero-order valence-electron chi connectivity index (χ0n) is 22.5. The Kier molecular flexibility index (Phi) is 8.86. The van der Waals surface area contributed by atoms with Crippen LogP contribution in [0.5, 0.6) is 5.75 Å². The Labute approximate surface area is 224 Å². The van der Waals surface area contributed by atoms with Crippen molar-refractivity contribution in [2.45, 2.75) is 51.1 Å². The predicted octanol–water partition coefficient (Wildman–Crippen LogP) is 3.69. The number of hydrogen-bond donors (Lipinski definition) is 1. The van der Waals surface area contributed by atoms with Gasteiger partial charge in [-0.3, -0.25) is 9.69 Å². The molecule has 1 N–H and O–H groups in total. The Morgan fingerprint density at radius 1 is 1.13 bits per heavy atom. The molecule has 2 heterocycles. The highest BCUT2D eigenvalue weighted by Gasteiger charge is 2.26. The van der Waals surface area contributed by atoms with Crippen LogP contribution in [-0.4, -0.2) is 62.3 Å². The van der Waals surface area contributed by atoms with E-state index in [9.17, 15) is 13.2 Å². The Balaban J connectivity index is 1.31. The second-order valence-corrected chi connectivity index (χ2v) is 11.8. The van der Waals surface area contributed by atoms with Crippen LogP contribution in [0, 0.1) is 13.8 Å². The van der Waals surface area contributed by atoms with Gasteiger partial charge in [0.15, 0.2) is 11.6 Å². The Hall–Kier alpha value is -3.21. The van der Waals surface area contributed by atoms with Crippen molar-refractivity contribution in [3.8, 4) is 5.75 Å². The van der Waals surface area contributed by atoms with Gasteiger partial charge >= 0.3 is 0 Å². The quantitative estimate of drug-likeness (QED) is 0.396. The van der Waals surface area contributed by atoms with E-state index in [2.05, 4.69) is 27.3 Å². The number of nitrogens with one attached hydrogen (secondary N) is 1. The SMILES string of the molecule is COc1cc(C)c(S(=O)(=O)N(C)CCc2nc(C(=O)NCc3cccc(CN4CCCC4)c3)co2)c(C)c1. The highest BCUT2D eigenvalue weighted by molar-refractivity contribution is 7.89. The maximum absolute atomic E-state index is 13.2. The third-order valence-corrected chi connectivity index (χ3v) is 8.98. The minimum absolute atomic E-state index is 0.151. The first-order valence-corrected chi connectivity index (χ1v) is 14.3. The van der Waals surface area contributed by atoms with Gasteiger partial charge in [0.2, 0.25) is 10.0 Å². The monoisotopic (exact) mass is 540 g/mol. The van der Waals surface area contributed by atoms with Crippen LogP contribution >= 0.6 is 0 Å². The zero-order valence-corrected chi connectivity index (χ0v) is 23.3. The molecule has 0 spiro atoms. The van der Waals surface area contributed by atoms with Crippen LogP contribution in [0.2, 0.25) is 0 Å². The topological polar surface area (TPSA) is 105 Å². The molecule has 0 atom stereocenters. The third kappa shape index (κ3) is 6.61. The highest BCUT2D eigenvalue weighted by atomic mass is 32.2. The maximum Gasteiger partial charge on any atom is 0.273 e. The molecule has 1 aliphatic rings. The molecule has 2 aromatic carbocycles. The maximum atomic E-state index is 13.2. The first-order chi connectivity index (χ1) is 18.2. The van der Waals surface area contributed by atoms with Crippen LogP contribution in [0.4, 0.5) is 0 Å². The van der Waals surface area contributed by atoms with Crippen molar-refractivity contribution in [2.24, 2.45) is 0 Å². The predicted molar refractivity (Wildman–Crippen MR) is 145 cm³/mol. The molecule has 0 unspecified atom stereocenters. The molecule has 38 heavy (non-hydrogen) atoms. The Bertz CT molecular complexity index is 1360. The summed E-state index contributed by atoms with van der Waals surface area (Å²) < 4.78 is 38.4. The fourth-order valence-corrected chi connectivity index (χ4v) is 6.38. The molecule has 0 radical (unpaired) electrons. The minimum Gasteiger partial charge on any atom is -0.497 e. The molecular formula is C28H36N4O5S. The number of likely N-dealkylation sites (N-methyl/N-ethyl adjacent to an activating group) is 1. The van der Waals surface area contributed by atoms with E-state index in [1.165, 1.54) is 36.0 Å². The third-order valence-electron chi connectivity index (χ3n) is 6.81. The number of hydrogen-bond acceptors (Lipinski definition) is 7. The number of amides is 1. The number of aryl methyl sites for hydroxylation is 2. The van der Waals surface area contributed by atoms with Crippen molar-refractivity contribution < 1.29 is 22.4 Å². The van der Waals surface area contributed by atoms with E-state index in [0.717, 1.165) is 25.2 Å². The molecule has 1 aliphatic heterocycles. The number of sulfonamides is 1. The number of aromatic nitrogens is 1. The van der Waals surface area contributed by atoms with E-state index in [1.807, 2.05) is 12.1 Å². The van der Waals surface area contributed by atoms with Gasteiger partial charge in [-0.15, -0.1) is 0 Å². The molecule has 1 fully saturated rings. The largest absolute Gasteiger partial charge is 0.497 e. The van der Waals surface area contributed by atoms with Gasteiger partial charge in [0, 0.05) is 33.1 Å². The number of rotatable bonds is 11. The summed E-state index contributed by atoms with van der Waals surface area (Å²) in [5.41, 5.74) is 3.66. The van der Waals surface area contributed by atoms with Crippen LogP contribution in [0.1, 0.15) is 51.5 Å². The summed E-state index contributed by atoms with van der Waals surface area (Å²) in [4.78, 5) is 19.6. The van der Waals surface area contributed by atoms with Crippen molar-refractivity contribution in [1.82, 2.24) is 19.5 Å². The van der Waals surface area contributed by atoms with Gasteiger partial charge in [0.1, 0.15) is 12.0 Å². The number of carbonyl (C=O) groups is 1. The molecular weight excluding hydrogens is 504 g/mol. The second kappa shape index (κ2) is 12.1. The average Bonchev–Trinajstić information content (AvgIpc) is 3.58. The lowest BCUT2D eigenvalue weighted by atomic mass is 10.1. The summed E-state index contributed by atoms with van der Waals surface area (Å²) in [5, 5.41) is 2.89. The number of benzene rings is 2. The lowest BCUT2D eigenvalue weighted by molar-refractivity contribution is 0.0945. The van der Waals surface area contributed by atoms with Crippen LogP contribution < -0.4 is 10.1 Å². The van der Waals surface area contributed by atoms with Crippen molar-refractivity contribution in [3.63, 3.8) is 0 Å². The molecule has 9 nitrogen and oxygen atoms in total. The molecule has 0 bridgehead atoms. The van der Waals surface area contributed by atoms with Crippen LogP contribution in [-0.2, 0) is 29.5 Å². The van der Waals surface area contributed by atoms with Crippen molar-refractivity contribution in [1.29, 1.82) is 0 Å². The lowest BCUT2D eigenvalue weighted by Gasteiger charge is -2.20. The Morgan fingerprint density at radius 3 is 2.50 bits per heavy atom. The molecule has 3 aromatic rings. The van der Waals surface area contributed by atoms with Gasteiger partial charge in [-0.25, -0.2) is 17.7 Å². The van der Waals surface area contributed by atoms with E-state index < -0.39 is 10.0 Å². The van der Waals surface area contributed by atoms with E-state index >= 15 is 0 Å². The average molecular weight is 541 g/mol. The van der Waals surface area contributed by atoms with Crippen molar-refractivity contribution in [3.05, 3.63) is 76.5 Å². The van der Waals surface area contributed by atoms with Gasteiger partial charge in [0.25, 0.3) is 5.91 Å². The minimum atomic E-state index is -3.73. The van der Waals surface area contributed by atoms with Crippen LogP contribution in [0.25, 0.3) is 0 Å². The fourth-order valence-electron chi connectivity index (χ4n) is 4.80. The highest BCUT2D eigenvalue weighted by Crippen LogP contribution is 2.28. The van der Waals surface area contributed by atoms with Crippen LogP contribution in [0.15, 0.2) is 52.0 Å². The smallest absolute Gasteiger partial charge is 0.273 e. The number of nitrogens with zero attached hydrogens (tertiary/aromatic N) is 3. The standard InChI is InChI=1S/C28H36N4O5S/c1-20-14-24(36-4)15-21(2)27(20)38(34,35)31(3)13-10-26-30-25(19-37-26)28(33)29-17-22-8-7-9-23(16-22)18-32-11-5-6-12-32/h7-9,14-16,19H,5-6,10-13,17-18H2,1-4H3,(H,29,33).